The molecule has 6 heterocycles. The van der Waals surface area contributed by atoms with Crippen LogP contribution in [0.25, 0.3) is 31.2 Å². The number of nitrogens with zero attached hydrogens (tertiary/aromatic N) is 6. The third kappa shape index (κ3) is 8.10. The summed E-state index contributed by atoms with van der Waals surface area (Å²) in [4.78, 5) is 81.7. The number of hydrogen-bond acceptors (Lipinski definition) is 14. The van der Waals surface area contributed by atoms with Gasteiger partial charge in [0.25, 0.3) is 0 Å². The molecule has 0 aromatic carbocycles. The van der Waals surface area contributed by atoms with E-state index < -0.39 is 36.5 Å². The third-order valence-electron chi connectivity index (χ3n) is 9.75. The Bertz CT molecular complexity index is 1810. The van der Waals surface area contributed by atoms with Gasteiger partial charge in [0, 0.05) is 39.7 Å². The van der Waals surface area contributed by atoms with E-state index in [4.69, 9.17) is 18.9 Å². The van der Waals surface area contributed by atoms with E-state index in [9.17, 15) is 19.2 Å². The van der Waals surface area contributed by atoms with Crippen LogP contribution in [0.2, 0.25) is 0 Å². The van der Waals surface area contributed by atoms with Crippen molar-refractivity contribution in [3.05, 3.63) is 36.4 Å². The Morgan fingerprint density at radius 1 is 0.685 bits per heavy atom. The van der Waals surface area contributed by atoms with E-state index in [2.05, 4.69) is 40.5 Å². The maximum atomic E-state index is 13.6. The molecule has 0 saturated carbocycles. The molecule has 6 rings (SSSR count). The summed E-state index contributed by atoms with van der Waals surface area (Å²) in [6.07, 6.45) is 7.42. The van der Waals surface area contributed by atoms with Gasteiger partial charge in [-0.2, -0.15) is 0 Å². The molecule has 20 heteroatoms. The van der Waals surface area contributed by atoms with Crippen LogP contribution in [0.3, 0.4) is 0 Å². The molecule has 18 nitrogen and oxygen atoms in total. The molecule has 0 bridgehead atoms. The number of carbonyl (C=O) groups is 4. The van der Waals surface area contributed by atoms with Crippen LogP contribution in [0.4, 0.5) is 9.59 Å². The van der Waals surface area contributed by atoms with Crippen LogP contribution >= 0.6 is 22.7 Å². The number of H-pyrrole nitrogens is 2. The SMILES string of the molecule is COC(=O)N[C@H](C(=O)N1CCC[C@@H]1c1ncc(-c2cnc(-c3ncc(-c4cnc([C@H]5CCCN5C(=O)[C@@H](NC(=O)OC)[C@@H](C)OC)[nH]4)s3)s2)[nH]1)[C@@H](C)OC. The second kappa shape index (κ2) is 17.0. The van der Waals surface area contributed by atoms with Gasteiger partial charge in [0.2, 0.25) is 11.8 Å². The molecule has 54 heavy (non-hydrogen) atoms. The van der Waals surface area contributed by atoms with E-state index in [-0.39, 0.29) is 23.9 Å². The number of hydrogen-bond donors (Lipinski definition) is 4. The fourth-order valence-electron chi connectivity index (χ4n) is 6.65. The largest absolute Gasteiger partial charge is 0.453 e. The minimum atomic E-state index is -0.917. The predicted molar refractivity (Wildman–Crippen MR) is 197 cm³/mol. The van der Waals surface area contributed by atoms with Gasteiger partial charge in [0.05, 0.1) is 72.0 Å². The van der Waals surface area contributed by atoms with Crippen molar-refractivity contribution in [2.24, 2.45) is 0 Å². The van der Waals surface area contributed by atoms with Gasteiger partial charge in [-0.15, -0.1) is 22.7 Å². The van der Waals surface area contributed by atoms with E-state index in [1.807, 2.05) is 0 Å². The number of amides is 4. The summed E-state index contributed by atoms with van der Waals surface area (Å²) in [5, 5.41) is 6.66. The monoisotopic (exact) mass is 784 g/mol. The lowest BCUT2D eigenvalue weighted by molar-refractivity contribution is -0.138. The molecule has 2 aliphatic rings. The normalized spacial score (nSPS) is 19.3. The summed E-state index contributed by atoms with van der Waals surface area (Å²) in [7, 11) is 5.46. The summed E-state index contributed by atoms with van der Waals surface area (Å²) in [5.41, 5.74) is 1.52. The molecule has 0 spiro atoms. The summed E-state index contributed by atoms with van der Waals surface area (Å²) in [6.45, 7) is 4.47. The van der Waals surface area contributed by atoms with Crippen LogP contribution in [-0.2, 0) is 28.5 Å². The lowest BCUT2D eigenvalue weighted by Gasteiger charge is -2.30. The van der Waals surface area contributed by atoms with E-state index in [1.54, 1.807) is 48.4 Å². The second-order valence-corrected chi connectivity index (χ2v) is 15.0. The molecular formula is C34H44N10O8S2. The molecule has 4 aromatic heterocycles. The van der Waals surface area contributed by atoms with Crippen molar-refractivity contribution < 1.29 is 38.1 Å². The lowest BCUT2D eigenvalue weighted by Crippen LogP contribution is -2.54. The fraction of sp³-hybridized carbons (Fsp3) is 0.529. The highest BCUT2D eigenvalue weighted by molar-refractivity contribution is 7.24. The Labute approximate surface area is 319 Å². The molecule has 2 fully saturated rings. The number of alkyl carbamates (subject to hydrolysis) is 2. The van der Waals surface area contributed by atoms with Gasteiger partial charge >= 0.3 is 12.2 Å². The van der Waals surface area contributed by atoms with E-state index in [0.717, 1.165) is 44.0 Å². The van der Waals surface area contributed by atoms with Gasteiger partial charge in [-0.3, -0.25) is 9.59 Å². The first kappa shape index (κ1) is 38.8. The van der Waals surface area contributed by atoms with Gasteiger partial charge in [-0.05, 0) is 39.5 Å². The smallest absolute Gasteiger partial charge is 0.407 e. The molecule has 2 saturated heterocycles. The van der Waals surface area contributed by atoms with Crippen LogP contribution < -0.4 is 10.6 Å². The Kier molecular flexibility index (Phi) is 12.2. The first-order valence-electron chi connectivity index (χ1n) is 17.4. The molecule has 290 valence electrons. The molecule has 0 aliphatic carbocycles. The minimum Gasteiger partial charge on any atom is -0.453 e. The van der Waals surface area contributed by atoms with Crippen LogP contribution in [0.15, 0.2) is 24.8 Å². The van der Waals surface area contributed by atoms with Crippen molar-refractivity contribution in [2.45, 2.75) is 75.9 Å². The highest BCUT2D eigenvalue weighted by Crippen LogP contribution is 2.39. The molecule has 2 aliphatic heterocycles. The third-order valence-corrected chi connectivity index (χ3v) is 12.0. The number of ether oxygens (including phenoxy) is 4. The maximum Gasteiger partial charge on any atom is 0.407 e. The van der Waals surface area contributed by atoms with Gasteiger partial charge in [-0.25, -0.2) is 29.5 Å². The number of thiazole rings is 2. The van der Waals surface area contributed by atoms with Crippen molar-refractivity contribution in [1.82, 2.24) is 50.3 Å². The number of likely N-dealkylation sites (tertiary alicyclic amines) is 2. The quantitative estimate of drug-likeness (QED) is 0.152. The standard InChI is InChI=1S/C34H44N10O8S2/c1-17(49-3)25(41-33(47)51-5)31(45)43-11-7-9-21(43)27-35-13-19(39-27)23-15-37-29(53-23)30-38-16-24(54-30)20-14-36-28(40-20)22-10-8-12-44(22)32(46)26(18(2)50-4)42-34(48)52-6/h13-18,21-22,25-26H,7-12H2,1-6H3,(H,35,39)(H,36,40)(H,41,47)(H,42,48)/t17-,18-,21-,22-,25+,26+/m1/s1. The Hall–Kier alpha value is -4.92. The molecule has 0 unspecified atom stereocenters. The highest BCUT2D eigenvalue weighted by Gasteiger charge is 2.40. The number of aromatic nitrogens is 6. The van der Waals surface area contributed by atoms with Crippen LogP contribution in [0.1, 0.15) is 63.3 Å². The summed E-state index contributed by atoms with van der Waals surface area (Å²) >= 11 is 2.92. The number of rotatable bonds is 13. The van der Waals surface area contributed by atoms with Crippen molar-refractivity contribution >= 4 is 46.7 Å². The second-order valence-electron chi connectivity index (χ2n) is 12.9. The number of imidazole rings is 2. The Morgan fingerprint density at radius 2 is 1.09 bits per heavy atom. The topological polar surface area (TPSA) is 219 Å². The van der Waals surface area contributed by atoms with E-state index in [1.165, 1.54) is 51.1 Å². The summed E-state index contributed by atoms with van der Waals surface area (Å²) < 4.78 is 20.2. The average molecular weight is 785 g/mol. The number of methoxy groups -OCH3 is 4. The summed E-state index contributed by atoms with van der Waals surface area (Å²) in [6, 6.07) is -2.43. The Morgan fingerprint density at radius 3 is 1.46 bits per heavy atom. The van der Waals surface area contributed by atoms with Gasteiger partial charge in [-0.1, -0.05) is 0 Å². The van der Waals surface area contributed by atoms with Crippen molar-refractivity contribution in [3.63, 3.8) is 0 Å². The van der Waals surface area contributed by atoms with Crippen molar-refractivity contribution in [1.29, 1.82) is 0 Å². The summed E-state index contributed by atoms with van der Waals surface area (Å²) in [5.74, 6) is 0.744. The molecule has 4 aromatic rings. The fourth-order valence-corrected chi connectivity index (χ4v) is 8.44. The molecule has 4 N–H and O–H groups in total. The van der Waals surface area contributed by atoms with Gasteiger partial charge in [0.1, 0.15) is 23.7 Å². The van der Waals surface area contributed by atoms with Gasteiger partial charge < -0.3 is 49.3 Å². The predicted octanol–water partition coefficient (Wildman–Crippen LogP) is 3.89. The lowest BCUT2D eigenvalue weighted by atomic mass is 10.1. The number of aromatic amines is 2. The highest BCUT2D eigenvalue weighted by atomic mass is 32.1. The van der Waals surface area contributed by atoms with Crippen LogP contribution in [-0.4, -0.2) is 130 Å². The maximum absolute atomic E-state index is 13.6. The first-order valence-corrected chi connectivity index (χ1v) is 19.1. The number of nitrogens with one attached hydrogen (secondary N) is 4. The van der Waals surface area contributed by atoms with Crippen molar-refractivity contribution in [3.8, 4) is 31.2 Å². The zero-order chi connectivity index (χ0) is 38.5. The Balaban J connectivity index is 1.13. The van der Waals surface area contributed by atoms with Crippen LogP contribution in [0, 0.1) is 0 Å². The first-order chi connectivity index (χ1) is 26.1. The number of carbonyl (C=O) groups excluding carboxylic acids is 4. The van der Waals surface area contributed by atoms with Crippen molar-refractivity contribution in [2.75, 3.05) is 41.5 Å². The zero-order valence-corrected chi connectivity index (χ0v) is 32.4. The minimum absolute atomic E-state index is 0.272. The van der Waals surface area contributed by atoms with E-state index >= 15 is 0 Å². The molecule has 4 amide bonds. The van der Waals surface area contributed by atoms with Gasteiger partial charge in [0.15, 0.2) is 10.0 Å². The molecule has 6 atom stereocenters. The average Bonchev–Trinajstić information content (AvgIpc) is 4.04. The van der Waals surface area contributed by atoms with E-state index in [0.29, 0.717) is 37.6 Å². The van der Waals surface area contributed by atoms with Crippen LogP contribution in [0.5, 0.6) is 0 Å². The zero-order valence-electron chi connectivity index (χ0n) is 30.8. The molecule has 0 radical (unpaired) electrons. The molecular weight excluding hydrogens is 741 g/mol.